The highest BCUT2D eigenvalue weighted by Gasteiger charge is 2.42. The van der Waals surface area contributed by atoms with Crippen molar-refractivity contribution in [1.29, 1.82) is 0 Å². The average molecular weight is 221 g/mol. The van der Waals surface area contributed by atoms with Gasteiger partial charge in [-0.15, -0.1) is 0 Å². The summed E-state index contributed by atoms with van der Waals surface area (Å²) in [5, 5.41) is 9.81. The molecule has 1 aliphatic rings. The highest BCUT2D eigenvalue weighted by Crippen LogP contribution is 2.33. The summed E-state index contributed by atoms with van der Waals surface area (Å²) < 4.78 is 11.0. The molecule has 1 aliphatic heterocycles. The van der Waals surface area contributed by atoms with Gasteiger partial charge in [0.1, 0.15) is 19.5 Å². The number of rotatable bonds is 4. The van der Waals surface area contributed by atoms with Crippen LogP contribution in [0.15, 0.2) is 0 Å². The molecule has 0 saturated carbocycles. The molecule has 75 valence electrons. The predicted octanol–water partition coefficient (Wildman–Crippen LogP) is 1.00. The van der Waals surface area contributed by atoms with Crippen LogP contribution in [0.3, 0.4) is 0 Å². The molecule has 3 unspecified atom stereocenters. The minimum Gasteiger partial charge on any atom is -0.388 e. The molecule has 1 radical (unpaired) electrons. The zero-order valence-corrected chi connectivity index (χ0v) is 10.1. The van der Waals surface area contributed by atoms with Crippen LogP contribution in [0, 0.1) is 0 Å². The third-order valence-electron chi connectivity index (χ3n) is 2.31. The Morgan fingerprint density at radius 2 is 2.38 bits per heavy atom. The molecule has 0 amide bonds. The number of aliphatic hydroxyl groups is 1. The van der Waals surface area contributed by atoms with Crippen molar-refractivity contribution in [2.75, 3.05) is 0 Å². The van der Waals surface area contributed by atoms with E-state index >= 15 is 0 Å². The van der Waals surface area contributed by atoms with Crippen molar-refractivity contribution >= 4 is 24.7 Å². The molecule has 1 N–H and O–H groups in total. The standard InChI is InChI=1S/C7H16BO3P2/c1-3-4-5(9)6(11-13-12)7(8-2)10-4/h4-7,9,13H,3,12H2,1-2H3/t4-,5+,6?,7-/m1/s1. The molecule has 0 bridgehead atoms. The Labute approximate surface area is 84.2 Å². The maximum absolute atomic E-state index is 9.81. The van der Waals surface area contributed by atoms with Gasteiger partial charge in [-0.2, -0.15) is 0 Å². The number of ether oxygens (including phenoxy) is 1. The van der Waals surface area contributed by atoms with Crippen molar-refractivity contribution in [3.8, 4) is 0 Å². The van der Waals surface area contributed by atoms with Crippen molar-refractivity contribution in [3.05, 3.63) is 0 Å². The highest BCUT2D eigenvalue weighted by molar-refractivity contribution is 8.00. The van der Waals surface area contributed by atoms with Crippen molar-refractivity contribution in [1.82, 2.24) is 0 Å². The lowest BCUT2D eigenvalue weighted by atomic mass is 9.72. The Kier molecular flexibility index (Phi) is 5.14. The first-order chi connectivity index (χ1) is 6.24. The van der Waals surface area contributed by atoms with Crippen LogP contribution in [0.2, 0.25) is 6.82 Å². The molecular formula is C7H16BO3P2. The Balaban J connectivity index is 2.56. The summed E-state index contributed by atoms with van der Waals surface area (Å²) in [7, 11) is 4.77. The summed E-state index contributed by atoms with van der Waals surface area (Å²) >= 11 is 0. The normalized spacial score (nSPS) is 40.3. The molecule has 0 aromatic carbocycles. The quantitative estimate of drug-likeness (QED) is 0.568. The largest absolute Gasteiger partial charge is 0.388 e. The van der Waals surface area contributed by atoms with Crippen LogP contribution in [0.25, 0.3) is 0 Å². The monoisotopic (exact) mass is 221 g/mol. The van der Waals surface area contributed by atoms with E-state index in [1.165, 1.54) is 0 Å². The van der Waals surface area contributed by atoms with Gasteiger partial charge in [0, 0.05) is 8.50 Å². The van der Waals surface area contributed by atoms with E-state index in [0.717, 1.165) is 6.42 Å². The molecule has 0 aromatic rings. The topological polar surface area (TPSA) is 38.7 Å². The summed E-state index contributed by atoms with van der Waals surface area (Å²) in [4.78, 5) is 0. The number of aliphatic hydroxyl groups excluding tert-OH is 1. The highest BCUT2D eigenvalue weighted by atomic mass is 32.0. The van der Waals surface area contributed by atoms with Gasteiger partial charge in [-0.3, -0.25) is 0 Å². The van der Waals surface area contributed by atoms with E-state index < -0.39 is 6.10 Å². The van der Waals surface area contributed by atoms with Gasteiger partial charge in [0.25, 0.3) is 0 Å². The number of hydrogen-bond acceptors (Lipinski definition) is 3. The fraction of sp³-hybridized carbons (Fsp3) is 1.00. The zero-order chi connectivity index (χ0) is 9.84. The Bertz CT molecular complexity index is 159. The molecule has 13 heavy (non-hydrogen) atoms. The maximum atomic E-state index is 9.81. The summed E-state index contributed by atoms with van der Waals surface area (Å²) in [6, 6.07) is -0.0620. The lowest BCUT2D eigenvalue weighted by Crippen LogP contribution is -2.35. The molecule has 1 rings (SSSR count). The van der Waals surface area contributed by atoms with Crippen molar-refractivity contribution < 1.29 is 14.4 Å². The van der Waals surface area contributed by atoms with Crippen LogP contribution in [0.5, 0.6) is 0 Å². The summed E-state index contributed by atoms with van der Waals surface area (Å²) in [6.45, 7) is 3.93. The first kappa shape index (κ1) is 11.9. The Morgan fingerprint density at radius 3 is 2.85 bits per heavy atom. The molecule has 1 fully saturated rings. The predicted molar refractivity (Wildman–Crippen MR) is 59.5 cm³/mol. The van der Waals surface area contributed by atoms with Gasteiger partial charge in [0.2, 0.25) is 0 Å². The van der Waals surface area contributed by atoms with Crippen LogP contribution in [-0.2, 0) is 9.26 Å². The molecule has 0 aromatic heterocycles. The summed E-state index contributed by atoms with van der Waals surface area (Å²) in [6.07, 6.45) is 0.0725. The van der Waals surface area contributed by atoms with Crippen LogP contribution in [-0.4, -0.2) is 36.7 Å². The lowest BCUT2D eigenvalue weighted by Gasteiger charge is -2.18. The molecule has 0 spiro atoms. The maximum Gasteiger partial charge on any atom is 0.149 e. The Hall–Kier alpha value is 0.805. The molecule has 3 nitrogen and oxygen atoms in total. The van der Waals surface area contributed by atoms with Crippen LogP contribution < -0.4 is 0 Å². The van der Waals surface area contributed by atoms with Gasteiger partial charge in [0.05, 0.1) is 12.1 Å². The zero-order valence-electron chi connectivity index (χ0n) is 7.93. The first-order valence-electron chi connectivity index (χ1n) is 4.48. The second-order valence-corrected chi connectivity index (χ2v) is 4.25. The molecule has 6 heteroatoms. The fourth-order valence-corrected chi connectivity index (χ4v) is 2.49. The smallest absolute Gasteiger partial charge is 0.149 e. The van der Waals surface area contributed by atoms with E-state index in [1.54, 1.807) is 0 Å². The summed E-state index contributed by atoms with van der Waals surface area (Å²) in [5.74, 6) is 0. The van der Waals surface area contributed by atoms with E-state index in [4.69, 9.17) is 9.26 Å². The van der Waals surface area contributed by atoms with Crippen LogP contribution in [0.1, 0.15) is 13.3 Å². The van der Waals surface area contributed by atoms with Crippen molar-refractivity contribution in [2.24, 2.45) is 0 Å². The van der Waals surface area contributed by atoms with Gasteiger partial charge < -0.3 is 14.4 Å². The first-order valence-corrected chi connectivity index (χ1v) is 7.20. The molecule has 6 atom stereocenters. The minimum atomic E-state index is -0.487. The average Bonchev–Trinajstić information content (AvgIpc) is 2.45. The van der Waals surface area contributed by atoms with Gasteiger partial charge in [-0.25, -0.2) is 0 Å². The van der Waals surface area contributed by atoms with Gasteiger partial charge in [0.15, 0.2) is 0 Å². The summed E-state index contributed by atoms with van der Waals surface area (Å²) in [5.41, 5.74) is 0. The van der Waals surface area contributed by atoms with E-state index in [2.05, 4.69) is 8.93 Å². The van der Waals surface area contributed by atoms with Crippen molar-refractivity contribution in [2.45, 2.75) is 44.5 Å². The number of hydrogen-bond donors (Lipinski definition) is 1. The molecule has 0 aliphatic carbocycles. The fourth-order valence-electron chi connectivity index (χ4n) is 1.59. The SMILES string of the molecule is C[B][C@@H]1O[C@H](CC)[C@H](O)C1OPP. The van der Waals surface area contributed by atoms with E-state index in [-0.39, 0.29) is 18.2 Å². The van der Waals surface area contributed by atoms with Gasteiger partial charge in [-0.1, -0.05) is 22.7 Å². The third-order valence-corrected chi connectivity index (χ3v) is 3.12. The third kappa shape index (κ3) is 2.64. The molecule has 1 saturated heterocycles. The van der Waals surface area contributed by atoms with Gasteiger partial charge in [-0.05, 0) is 6.42 Å². The minimum absolute atomic E-state index is 0.0620. The second-order valence-electron chi connectivity index (χ2n) is 3.07. The van der Waals surface area contributed by atoms with Crippen molar-refractivity contribution in [3.63, 3.8) is 0 Å². The second kappa shape index (κ2) is 5.63. The van der Waals surface area contributed by atoms with E-state index in [1.807, 2.05) is 21.0 Å². The molecular weight excluding hydrogens is 205 g/mol. The molecule has 1 heterocycles. The van der Waals surface area contributed by atoms with E-state index in [0.29, 0.717) is 8.50 Å². The lowest BCUT2D eigenvalue weighted by molar-refractivity contribution is 0.0258. The van der Waals surface area contributed by atoms with Gasteiger partial charge >= 0.3 is 0 Å². The van der Waals surface area contributed by atoms with E-state index in [9.17, 15) is 5.11 Å². The Morgan fingerprint density at radius 1 is 1.69 bits per heavy atom. The van der Waals surface area contributed by atoms with Crippen LogP contribution >= 0.6 is 17.4 Å². The van der Waals surface area contributed by atoms with Crippen LogP contribution in [0.4, 0.5) is 0 Å².